The van der Waals surface area contributed by atoms with E-state index in [9.17, 15) is 9.59 Å². The van der Waals surface area contributed by atoms with Gasteiger partial charge in [0.2, 0.25) is 5.91 Å². The number of hydrogen-bond donors (Lipinski definition) is 2. The molecule has 8 heteroatoms. The van der Waals surface area contributed by atoms with Crippen LogP contribution in [0.5, 0.6) is 5.75 Å². The van der Waals surface area contributed by atoms with E-state index >= 15 is 0 Å². The van der Waals surface area contributed by atoms with Crippen molar-refractivity contribution in [2.75, 3.05) is 6.61 Å². The Hall–Kier alpha value is -2.35. The number of ether oxygens (including phenoxy) is 1. The molecule has 1 aromatic carbocycles. The molecule has 28 heavy (non-hydrogen) atoms. The molecule has 1 saturated heterocycles. The summed E-state index contributed by atoms with van der Waals surface area (Å²) in [7, 11) is 0. The third-order valence-corrected chi connectivity index (χ3v) is 5.21. The summed E-state index contributed by atoms with van der Waals surface area (Å²) in [5, 5.41) is 18.8. The van der Waals surface area contributed by atoms with Crippen molar-refractivity contribution in [1.82, 2.24) is 5.32 Å². The fourth-order valence-corrected chi connectivity index (χ4v) is 3.53. The van der Waals surface area contributed by atoms with Crippen LogP contribution >= 0.6 is 11.8 Å². The number of carboxylic acid groups (broad SMARTS) is 1. The molecule has 1 atom stereocenters. The first-order valence-electron chi connectivity index (χ1n) is 9.61. The highest BCUT2D eigenvalue weighted by atomic mass is 32.2. The van der Waals surface area contributed by atoms with Crippen molar-refractivity contribution >= 4 is 35.0 Å². The van der Waals surface area contributed by atoms with Gasteiger partial charge < -0.3 is 15.2 Å². The number of carbonyl (C=O) groups excluding carboxylic acids is 1. The summed E-state index contributed by atoms with van der Waals surface area (Å²) in [5.74, 6) is -0.545. The molecule has 0 bridgehead atoms. The lowest BCUT2D eigenvalue weighted by atomic mass is 10.1. The number of nitrogens with one attached hydrogen (secondary N) is 1. The van der Waals surface area contributed by atoms with Gasteiger partial charge in [0.1, 0.15) is 11.0 Å². The van der Waals surface area contributed by atoms with Gasteiger partial charge in [0.05, 0.1) is 19.2 Å². The average Bonchev–Trinajstić information content (AvgIpc) is 3.01. The molecule has 0 spiro atoms. The highest BCUT2D eigenvalue weighted by molar-refractivity contribution is 8.15. The van der Waals surface area contributed by atoms with Crippen molar-refractivity contribution in [2.45, 2.75) is 57.1 Å². The Kier molecular flexibility index (Phi) is 9.54. The molecule has 7 nitrogen and oxygen atoms in total. The standard InChI is InChI=1S/C20H27N3O4S/c1-2-3-4-5-6-7-12-27-16-10-8-15(9-11-16)14-21-23-20-22-19(26)17(28-20)13-18(24)25/h8-11,14,17H,2-7,12-13H2,1H3,(H,24,25)(H,22,23,26). The summed E-state index contributed by atoms with van der Waals surface area (Å²) >= 11 is 1.08. The number of aliphatic carboxylic acids is 1. The van der Waals surface area contributed by atoms with E-state index in [4.69, 9.17) is 9.84 Å². The molecule has 1 aliphatic rings. The second-order valence-corrected chi connectivity index (χ2v) is 7.72. The molecule has 2 rings (SSSR count). The van der Waals surface area contributed by atoms with Gasteiger partial charge in [-0.25, -0.2) is 0 Å². The fraction of sp³-hybridized carbons (Fsp3) is 0.500. The summed E-state index contributed by atoms with van der Waals surface area (Å²) in [6.07, 6.45) is 8.74. The second kappa shape index (κ2) is 12.2. The van der Waals surface area contributed by atoms with E-state index in [0.717, 1.165) is 36.1 Å². The minimum Gasteiger partial charge on any atom is -0.494 e. The van der Waals surface area contributed by atoms with Crippen LogP contribution in [0.2, 0.25) is 0 Å². The summed E-state index contributed by atoms with van der Waals surface area (Å²) in [6, 6.07) is 7.54. The Bertz CT molecular complexity index is 704. The molecule has 1 heterocycles. The number of benzene rings is 1. The molecular formula is C20H27N3O4S. The predicted octanol–water partition coefficient (Wildman–Crippen LogP) is 3.82. The summed E-state index contributed by atoms with van der Waals surface area (Å²) < 4.78 is 5.74. The lowest BCUT2D eigenvalue weighted by molar-refractivity contribution is -0.138. The molecule has 0 aromatic heterocycles. The molecule has 0 radical (unpaired) electrons. The van der Waals surface area contributed by atoms with Gasteiger partial charge in [0, 0.05) is 0 Å². The van der Waals surface area contributed by atoms with Crippen molar-refractivity contribution in [3.63, 3.8) is 0 Å². The highest BCUT2D eigenvalue weighted by Gasteiger charge is 2.32. The molecule has 1 aliphatic heterocycles. The maximum atomic E-state index is 11.6. The van der Waals surface area contributed by atoms with Crippen LogP contribution in [0.4, 0.5) is 0 Å². The van der Waals surface area contributed by atoms with Crippen molar-refractivity contribution < 1.29 is 19.4 Å². The van der Waals surface area contributed by atoms with E-state index in [2.05, 4.69) is 22.4 Å². The Labute approximate surface area is 169 Å². The Morgan fingerprint density at radius 1 is 1.21 bits per heavy atom. The number of rotatable bonds is 12. The number of thioether (sulfide) groups is 1. The third kappa shape index (κ3) is 8.12. The number of carbonyl (C=O) groups is 2. The maximum absolute atomic E-state index is 11.6. The van der Waals surface area contributed by atoms with Gasteiger partial charge in [-0.3, -0.25) is 9.59 Å². The molecular weight excluding hydrogens is 378 g/mol. The van der Waals surface area contributed by atoms with Crippen molar-refractivity contribution in [3.8, 4) is 5.75 Å². The lowest BCUT2D eigenvalue weighted by Gasteiger charge is -2.06. The lowest BCUT2D eigenvalue weighted by Crippen LogP contribution is -2.26. The highest BCUT2D eigenvalue weighted by Crippen LogP contribution is 2.22. The smallest absolute Gasteiger partial charge is 0.305 e. The largest absolute Gasteiger partial charge is 0.494 e. The Morgan fingerprint density at radius 3 is 2.64 bits per heavy atom. The molecule has 1 aromatic rings. The Balaban J connectivity index is 1.72. The quantitative estimate of drug-likeness (QED) is 0.313. The first-order chi connectivity index (χ1) is 13.6. The topological polar surface area (TPSA) is 100 Å². The summed E-state index contributed by atoms with van der Waals surface area (Å²) in [5.41, 5.74) is 0.854. The summed E-state index contributed by atoms with van der Waals surface area (Å²) in [4.78, 5) is 22.3. The average molecular weight is 406 g/mol. The van der Waals surface area contributed by atoms with Gasteiger partial charge in [0.15, 0.2) is 5.17 Å². The van der Waals surface area contributed by atoms with E-state index < -0.39 is 11.2 Å². The van der Waals surface area contributed by atoms with Crippen molar-refractivity contribution in [1.29, 1.82) is 0 Å². The van der Waals surface area contributed by atoms with Gasteiger partial charge in [-0.15, -0.1) is 5.10 Å². The first kappa shape index (κ1) is 21.9. The number of carboxylic acids is 1. The van der Waals surface area contributed by atoms with Gasteiger partial charge in [-0.05, 0) is 36.2 Å². The van der Waals surface area contributed by atoms with Crippen LogP contribution in [0.3, 0.4) is 0 Å². The number of amides is 1. The van der Waals surface area contributed by atoms with Crippen LogP contribution in [0, 0.1) is 0 Å². The van der Waals surface area contributed by atoms with Crippen molar-refractivity contribution in [3.05, 3.63) is 29.8 Å². The first-order valence-corrected chi connectivity index (χ1v) is 10.5. The zero-order chi connectivity index (χ0) is 20.2. The van der Waals surface area contributed by atoms with E-state index in [0.29, 0.717) is 5.17 Å². The van der Waals surface area contributed by atoms with Crippen LogP contribution in [0.15, 0.2) is 34.5 Å². The predicted molar refractivity (Wildman–Crippen MR) is 112 cm³/mol. The minimum absolute atomic E-state index is 0.237. The van der Waals surface area contributed by atoms with Crippen LogP contribution < -0.4 is 10.1 Å². The maximum Gasteiger partial charge on any atom is 0.305 e. The molecule has 152 valence electrons. The number of unbranched alkanes of at least 4 members (excludes halogenated alkanes) is 5. The minimum atomic E-state index is -1.02. The van der Waals surface area contributed by atoms with Gasteiger partial charge in [0.25, 0.3) is 0 Å². The molecule has 2 N–H and O–H groups in total. The van der Waals surface area contributed by atoms with Gasteiger partial charge in [-0.1, -0.05) is 50.8 Å². The van der Waals surface area contributed by atoms with Crippen LogP contribution in [0.25, 0.3) is 0 Å². The zero-order valence-electron chi connectivity index (χ0n) is 16.1. The van der Waals surface area contributed by atoms with Crippen LogP contribution in [0.1, 0.15) is 57.4 Å². The van der Waals surface area contributed by atoms with E-state index in [1.54, 1.807) is 6.21 Å². The molecule has 1 unspecified atom stereocenters. The fourth-order valence-electron chi connectivity index (χ4n) is 2.62. The normalized spacial score (nSPS) is 18.0. The molecule has 0 aliphatic carbocycles. The second-order valence-electron chi connectivity index (χ2n) is 6.53. The number of nitrogens with zero attached hydrogens (tertiary/aromatic N) is 2. The van der Waals surface area contributed by atoms with Crippen molar-refractivity contribution in [2.24, 2.45) is 10.2 Å². The third-order valence-electron chi connectivity index (χ3n) is 4.14. The number of hydrogen-bond acceptors (Lipinski definition) is 6. The van der Waals surface area contributed by atoms with E-state index in [-0.39, 0.29) is 12.3 Å². The molecule has 0 saturated carbocycles. The summed E-state index contributed by atoms with van der Waals surface area (Å²) in [6.45, 7) is 2.94. The Morgan fingerprint density at radius 2 is 1.93 bits per heavy atom. The van der Waals surface area contributed by atoms with E-state index in [1.807, 2.05) is 24.3 Å². The molecule has 1 fully saturated rings. The van der Waals surface area contributed by atoms with Crippen LogP contribution in [-0.2, 0) is 9.59 Å². The number of amidine groups is 1. The SMILES string of the molecule is CCCCCCCCOc1ccc(C=NN=C2NC(=O)C(CC(=O)O)S2)cc1. The molecule has 1 amide bonds. The van der Waals surface area contributed by atoms with Gasteiger partial charge in [-0.2, -0.15) is 5.10 Å². The monoisotopic (exact) mass is 405 g/mol. The van der Waals surface area contributed by atoms with Crippen LogP contribution in [-0.4, -0.2) is 40.2 Å². The van der Waals surface area contributed by atoms with E-state index in [1.165, 1.54) is 32.1 Å². The van der Waals surface area contributed by atoms with Gasteiger partial charge >= 0.3 is 5.97 Å². The zero-order valence-corrected chi connectivity index (χ0v) is 16.9.